The van der Waals surface area contributed by atoms with Crippen molar-refractivity contribution in [1.29, 1.82) is 0 Å². The van der Waals surface area contributed by atoms with Crippen LogP contribution in [0.5, 0.6) is 0 Å². The third kappa shape index (κ3) is 22.8. The van der Waals surface area contributed by atoms with Gasteiger partial charge in [0.2, 0.25) is 0 Å². The molecule has 662 valence electrons. The van der Waals surface area contributed by atoms with Crippen LogP contribution in [0.2, 0.25) is 0 Å². The summed E-state index contributed by atoms with van der Waals surface area (Å²) in [6, 6.07) is 179. The molecule has 0 heteroatoms. The Balaban J connectivity index is 0.000000122. The monoisotopic (exact) mass is 1760 g/mol. The first kappa shape index (κ1) is 91.1. The van der Waals surface area contributed by atoms with Crippen molar-refractivity contribution in [3.63, 3.8) is 0 Å². The largest absolute Gasteiger partial charge is 0.0614 e. The second-order valence-electron chi connectivity index (χ2n) is 36.9. The molecule has 21 aromatic carbocycles. The Hall–Kier alpha value is -16.4. The summed E-state index contributed by atoms with van der Waals surface area (Å²) in [6.45, 7) is 23.6. The number of aryl methyl sites for hydroxylation is 11. The summed E-state index contributed by atoms with van der Waals surface area (Å²) in [5.74, 6) is 0. The average molecular weight is 1760 g/mol. The van der Waals surface area contributed by atoms with E-state index in [4.69, 9.17) is 0 Å². The minimum atomic E-state index is 1.22. The van der Waals surface area contributed by atoms with Gasteiger partial charge in [-0.1, -0.05) is 475 Å². The summed E-state index contributed by atoms with van der Waals surface area (Å²) < 4.78 is 0. The Morgan fingerprint density at radius 2 is 0.234 bits per heavy atom. The molecule has 0 saturated carbocycles. The van der Waals surface area contributed by atoms with Gasteiger partial charge in [0.05, 0.1) is 0 Å². The van der Waals surface area contributed by atoms with E-state index in [9.17, 15) is 0 Å². The first-order chi connectivity index (χ1) is 66.8. The van der Waals surface area contributed by atoms with Gasteiger partial charge in [-0.25, -0.2) is 0 Å². The lowest BCUT2D eigenvalue weighted by molar-refractivity contribution is 1.44. The van der Waals surface area contributed by atoms with Crippen LogP contribution in [0.3, 0.4) is 0 Å². The van der Waals surface area contributed by atoms with Crippen molar-refractivity contribution in [2.75, 3.05) is 0 Å². The Bertz CT molecular complexity index is 7610. The molecular formula is C137H114. The topological polar surface area (TPSA) is 0 Å². The zero-order valence-electron chi connectivity index (χ0n) is 80.3. The highest BCUT2D eigenvalue weighted by Gasteiger charge is 2.17. The predicted octanol–water partition coefficient (Wildman–Crippen LogP) is 38.5. The van der Waals surface area contributed by atoms with Gasteiger partial charge in [0.25, 0.3) is 0 Å². The molecule has 0 amide bonds. The van der Waals surface area contributed by atoms with Crippen molar-refractivity contribution in [2.24, 2.45) is 0 Å². The molecule has 0 atom stereocenters. The van der Waals surface area contributed by atoms with Gasteiger partial charge in [-0.3, -0.25) is 0 Å². The van der Waals surface area contributed by atoms with Crippen LogP contribution in [0.25, 0.3) is 189 Å². The summed E-state index contributed by atoms with van der Waals surface area (Å²) in [5.41, 5.74) is 56.5. The first-order valence-electron chi connectivity index (χ1n) is 47.7. The Morgan fingerprint density at radius 1 is 0.0803 bits per heavy atom. The number of hydrogen-bond donors (Lipinski definition) is 0. The van der Waals surface area contributed by atoms with E-state index < -0.39 is 0 Å². The Morgan fingerprint density at radius 3 is 0.482 bits per heavy atom. The van der Waals surface area contributed by atoms with E-state index in [2.05, 4.69) is 568 Å². The second-order valence-corrected chi connectivity index (χ2v) is 36.9. The second kappa shape index (κ2) is 42.2. The van der Waals surface area contributed by atoms with E-state index in [1.807, 2.05) is 0 Å². The standard InChI is InChI=1S/C38H30.3C33H28/c1-27-9-3-11-29(21-27)31-13-5-15-33(23-31)35-17-7-19-37(25-35)38-20-8-18-36(26-38)34-16-6-14-32(24-34)30-12-4-10-28(2)22-30;1-23-8-4-10-26(18-23)28-12-6-13-29(21-28)31-16-17-33(25(3)20-31)32-15-7-14-30(22-32)27-11-5-9-24(2)19-27;1-23-10-15-26(16-11-23)28-6-4-8-30(21-28)32-19-14-25(3)20-33(32)31-9-5-7-29(22-31)27-17-12-24(2)13-18-27;1-23-10-14-26(15-11-23)28-6-4-8-30(20-28)32-18-25(3)19-33(22-32)31-9-5-7-29(21-31)27-16-12-24(2)13-17-27/h3-26H,1-2H3;3*4-22H,1-3H3. The summed E-state index contributed by atoms with van der Waals surface area (Å²) in [5, 5.41) is 0. The summed E-state index contributed by atoms with van der Waals surface area (Å²) in [4.78, 5) is 0. The maximum Gasteiger partial charge on any atom is -0.0103 e. The zero-order valence-corrected chi connectivity index (χ0v) is 80.3. The molecule has 0 spiro atoms. The van der Waals surface area contributed by atoms with E-state index >= 15 is 0 Å². The third-order valence-corrected chi connectivity index (χ3v) is 26.0. The molecule has 0 radical (unpaired) electrons. The van der Waals surface area contributed by atoms with Crippen molar-refractivity contribution in [3.8, 4) is 189 Å². The molecule has 0 aliphatic rings. The molecule has 0 aliphatic carbocycles. The third-order valence-electron chi connectivity index (χ3n) is 26.0. The van der Waals surface area contributed by atoms with Crippen molar-refractivity contribution in [1.82, 2.24) is 0 Å². The lowest BCUT2D eigenvalue weighted by Crippen LogP contribution is -1.89. The van der Waals surface area contributed by atoms with Crippen molar-refractivity contribution in [2.45, 2.75) is 76.2 Å². The lowest BCUT2D eigenvalue weighted by atomic mass is 9.90. The highest BCUT2D eigenvalue weighted by molar-refractivity contribution is 5.90. The number of rotatable bonds is 17. The molecular weight excluding hydrogens is 1650 g/mol. The van der Waals surface area contributed by atoms with Gasteiger partial charge in [-0.05, 0) is 343 Å². The normalized spacial score (nSPS) is 10.9. The van der Waals surface area contributed by atoms with Gasteiger partial charge < -0.3 is 0 Å². The van der Waals surface area contributed by atoms with Crippen LogP contribution in [-0.2, 0) is 0 Å². The molecule has 0 nitrogen and oxygen atoms in total. The average Bonchev–Trinajstić information content (AvgIpc) is 0.793. The molecule has 0 aromatic heterocycles. The van der Waals surface area contributed by atoms with Gasteiger partial charge in [0.15, 0.2) is 0 Å². The molecule has 21 aromatic rings. The quantitative estimate of drug-likeness (QED) is 0.0852. The predicted molar refractivity (Wildman–Crippen MR) is 590 cm³/mol. The van der Waals surface area contributed by atoms with Crippen LogP contribution in [0.4, 0.5) is 0 Å². The van der Waals surface area contributed by atoms with E-state index in [0.717, 1.165) is 0 Å². The molecule has 137 heavy (non-hydrogen) atoms. The van der Waals surface area contributed by atoms with Crippen LogP contribution in [0.1, 0.15) is 61.2 Å². The minimum Gasteiger partial charge on any atom is -0.0614 e. The van der Waals surface area contributed by atoms with Gasteiger partial charge in [-0.15, -0.1) is 0 Å². The summed E-state index contributed by atoms with van der Waals surface area (Å²) in [7, 11) is 0. The Labute approximate surface area is 812 Å². The van der Waals surface area contributed by atoms with E-state index in [1.165, 1.54) is 250 Å². The number of benzene rings is 21. The number of hydrogen-bond acceptors (Lipinski definition) is 0. The fourth-order valence-corrected chi connectivity index (χ4v) is 18.5. The van der Waals surface area contributed by atoms with Crippen LogP contribution >= 0.6 is 0 Å². The van der Waals surface area contributed by atoms with E-state index in [0.29, 0.717) is 0 Å². The van der Waals surface area contributed by atoms with Crippen LogP contribution in [0, 0.1) is 76.2 Å². The van der Waals surface area contributed by atoms with Crippen molar-refractivity contribution in [3.05, 3.63) is 553 Å². The Kier molecular flexibility index (Phi) is 28.1. The van der Waals surface area contributed by atoms with Crippen LogP contribution in [-0.4, -0.2) is 0 Å². The van der Waals surface area contributed by atoms with Gasteiger partial charge in [0, 0.05) is 0 Å². The molecule has 21 rings (SSSR count). The highest BCUT2D eigenvalue weighted by atomic mass is 14.2. The smallest absolute Gasteiger partial charge is 0.0103 e. The SMILES string of the molecule is Cc1ccc(-c2cccc(-c3cc(C)cc(-c4cccc(-c5ccc(C)cc5)c4)c3)c2)cc1.Cc1ccc(-c2cccc(-c3ccc(C)cc3-c3cccc(-c4ccc(C)cc4)c3)c2)cc1.Cc1cccc(-c2cccc(-c3ccc(-c4cccc(-c5cccc(C)c5)c4)c(C)c3)c2)c1.Cc1cccc(-c2cccc(-c3cccc(-c4cccc(-c5cccc(-c6cccc(C)c6)c5)c4)c3)c2)c1. The first-order valence-corrected chi connectivity index (χ1v) is 47.7. The van der Waals surface area contributed by atoms with Gasteiger partial charge >= 0.3 is 0 Å². The highest BCUT2D eigenvalue weighted by Crippen LogP contribution is 2.42. The van der Waals surface area contributed by atoms with E-state index in [1.54, 1.807) is 0 Å². The van der Waals surface area contributed by atoms with Crippen LogP contribution in [0.15, 0.2) is 491 Å². The molecule has 0 bridgehead atoms. The fourth-order valence-electron chi connectivity index (χ4n) is 18.5. The van der Waals surface area contributed by atoms with Crippen molar-refractivity contribution >= 4 is 0 Å². The van der Waals surface area contributed by atoms with Gasteiger partial charge in [0.1, 0.15) is 0 Å². The summed E-state index contributed by atoms with van der Waals surface area (Å²) >= 11 is 0. The molecule has 0 unspecified atom stereocenters. The molecule has 0 fully saturated rings. The molecule has 0 saturated heterocycles. The molecule has 0 N–H and O–H groups in total. The minimum absolute atomic E-state index is 1.22. The summed E-state index contributed by atoms with van der Waals surface area (Å²) in [6.07, 6.45) is 0. The molecule has 0 heterocycles. The lowest BCUT2D eigenvalue weighted by Gasteiger charge is -2.14. The van der Waals surface area contributed by atoms with Crippen molar-refractivity contribution < 1.29 is 0 Å². The zero-order chi connectivity index (χ0) is 94.3. The molecule has 0 aliphatic heterocycles. The van der Waals surface area contributed by atoms with E-state index in [-0.39, 0.29) is 0 Å². The van der Waals surface area contributed by atoms with Gasteiger partial charge in [-0.2, -0.15) is 0 Å². The maximum atomic E-state index is 2.31. The maximum absolute atomic E-state index is 2.31. The fraction of sp³-hybridized carbons (Fsp3) is 0.0803. The van der Waals surface area contributed by atoms with Crippen LogP contribution < -0.4 is 0 Å².